The third-order valence-corrected chi connectivity index (χ3v) is 1.95. The lowest BCUT2D eigenvalue weighted by Gasteiger charge is -2.21. The van der Waals surface area contributed by atoms with Crippen LogP contribution in [0.2, 0.25) is 0 Å². The second-order valence-electron chi connectivity index (χ2n) is 2.90. The van der Waals surface area contributed by atoms with Crippen molar-refractivity contribution in [1.82, 2.24) is 5.32 Å². The van der Waals surface area contributed by atoms with Gasteiger partial charge in [0.05, 0.1) is 6.61 Å². The van der Waals surface area contributed by atoms with Gasteiger partial charge in [-0.15, -0.1) is 0 Å². The summed E-state index contributed by atoms with van der Waals surface area (Å²) in [5.41, 5.74) is 5.40. The topological polar surface area (TPSA) is 78.5 Å². The smallest absolute Gasteiger partial charge is 0.0597 e. The summed E-state index contributed by atoms with van der Waals surface area (Å²) in [4.78, 5) is 0. The van der Waals surface area contributed by atoms with Gasteiger partial charge in [-0.05, 0) is 12.8 Å². The van der Waals surface area contributed by atoms with Crippen molar-refractivity contribution in [3.63, 3.8) is 0 Å². The fourth-order valence-electron chi connectivity index (χ4n) is 1.09. The molecule has 0 aromatic heterocycles. The Morgan fingerprint density at radius 2 is 2.00 bits per heavy atom. The maximum atomic E-state index is 8.83. The number of aliphatic hydroxyl groups is 2. The highest BCUT2D eigenvalue weighted by atomic mass is 16.3. The minimum absolute atomic E-state index is 0.0403. The molecule has 0 fully saturated rings. The van der Waals surface area contributed by atoms with E-state index >= 15 is 0 Å². The molecule has 0 spiro atoms. The van der Waals surface area contributed by atoms with Gasteiger partial charge < -0.3 is 21.3 Å². The van der Waals surface area contributed by atoms with E-state index in [2.05, 4.69) is 5.32 Å². The van der Waals surface area contributed by atoms with E-state index in [4.69, 9.17) is 15.9 Å². The molecule has 0 aromatic rings. The van der Waals surface area contributed by atoms with Gasteiger partial charge in [-0.25, -0.2) is 0 Å². The van der Waals surface area contributed by atoms with Crippen LogP contribution in [0.5, 0.6) is 0 Å². The van der Waals surface area contributed by atoms with Gasteiger partial charge >= 0.3 is 0 Å². The molecular formula is C8H20N2O2. The number of hydrogen-bond acceptors (Lipinski definition) is 4. The molecule has 74 valence electrons. The minimum atomic E-state index is -0.0403. The Bertz CT molecular complexity index is 97.1. The first-order chi connectivity index (χ1) is 5.78. The fraction of sp³-hybridized carbons (Fsp3) is 1.00. The first kappa shape index (κ1) is 11.8. The molecule has 0 saturated carbocycles. The maximum absolute atomic E-state index is 8.83. The van der Waals surface area contributed by atoms with E-state index in [1.54, 1.807) is 0 Å². The zero-order valence-electron chi connectivity index (χ0n) is 7.66. The van der Waals surface area contributed by atoms with E-state index < -0.39 is 0 Å². The zero-order chi connectivity index (χ0) is 9.40. The quantitative estimate of drug-likeness (QED) is 0.403. The van der Waals surface area contributed by atoms with Gasteiger partial charge in [-0.3, -0.25) is 0 Å². The molecule has 0 amide bonds. The molecule has 2 unspecified atom stereocenters. The molecule has 12 heavy (non-hydrogen) atoms. The lowest BCUT2D eigenvalue weighted by Crippen LogP contribution is -2.45. The van der Waals surface area contributed by atoms with Gasteiger partial charge in [-0.1, -0.05) is 6.92 Å². The number of nitrogens with one attached hydrogen (secondary N) is 1. The largest absolute Gasteiger partial charge is 0.396 e. The molecular weight excluding hydrogens is 156 g/mol. The third kappa shape index (κ3) is 4.66. The van der Waals surface area contributed by atoms with Crippen LogP contribution in [0.15, 0.2) is 0 Å². The van der Waals surface area contributed by atoms with Gasteiger partial charge in [-0.2, -0.15) is 0 Å². The third-order valence-electron chi connectivity index (χ3n) is 1.95. The Hall–Kier alpha value is -0.160. The average molecular weight is 176 g/mol. The SMILES string of the molecule is CCC(CCO)NC(CN)CO. The van der Waals surface area contributed by atoms with Gasteiger partial charge in [0.1, 0.15) is 0 Å². The summed E-state index contributed by atoms with van der Waals surface area (Å²) in [6.45, 7) is 2.70. The van der Waals surface area contributed by atoms with Crippen molar-refractivity contribution in [2.75, 3.05) is 19.8 Å². The van der Waals surface area contributed by atoms with Crippen LogP contribution >= 0.6 is 0 Å². The standard InChI is InChI=1S/C8H20N2O2/c1-2-7(3-4-11)10-8(5-9)6-12/h7-8,10-12H,2-6,9H2,1H3. The maximum Gasteiger partial charge on any atom is 0.0597 e. The van der Waals surface area contributed by atoms with Crippen molar-refractivity contribution in [2.24, 2.45) is 5.73 Å². The average Bonchev–Trinajstić information content (AvgIpc) is 2.12. The molecule has 0 saturated heterocycles. The van der Waals surface area contributed by atoms with Crippen molar-refractivity contribution in [3.05, 3.63) is 0 Å². The summed E-state index contributed by atoms with van der Waals surface area (Å²) in [6.07, 6.45) is 1.66. The van der Waals surface area contributed by atoms with E-state index in [-0.39, 0.29) is 25.3 Å². The minimum Gasteiger partial charge on any atom is -0.396 e. The summed E-state index contributed by atoms with van der Waals surface area (Å²) in [5.74, 6) is 0. The number of nitrogens with two attached hydrogens (primary N) is 1. The molecule has 0 bridgehead atoms. The van der Waals surface area contributed by atoms with E-state index in [0.717, 1.165) is 6.42 Å². The molecule has 0 heterocycles. The van der Waals surface area contributed by atoms with Crippen LogP contribution < -0.4 is 11.1 Å². The Morgan fingerprint density at radius 3 is 2.33 bits per heavy atom. The van der Waals surface area contributed by atoms with Gasteiger partial charge in [0.2, 0.25) is 0 Å². The first-order valence-corrected chi connectivity index (χ1v) is 4.46. The number of aliphatic hydroxyl groups excluding tert-OH is 2. The number of rotatable bonds is 7. The van der Waals surface area contributed by atoms with Crippen LogP contribution in [0, 0.1) is 0 Å². The molecule has 0 aliphatic rings. The molecule has 0 radical (unpaired) electrons. The van der Waals surface area contributed by atoms with Crippen LogP contribution in [0.25, 0.3) is 0 Å². The van der Waals surface area contributed by atoms with E-state index in [9.17, 15) is 0 Å². The Labute approximate surface area is 73.8 Å². The Morgan fingerprint density at radius 1 is 1.33 bits per heavy atom. The molecule has 4 heteroatoms. The van der Waals surface area contributed by atoms with Crippen molar-refractivity contribution >= 4 is 0 Å². The monoisotopic (exact) mass is 176 g/mol. The molecule has 4 nitrogen and oxygen atoms in total. The first-order valence-electron chi connectivity index (χ1n) is 4.46. The van der Waals surface area contributed by atoms with Crippen LogP contribution in [0.3, 0.4) is 0 Å². The molecule has 2 atom stereocenters. The second kappa shape index (κ2) is 7.49. The van der Waals surface area contributed by atoms with Gasteiger partial charge in [0, 0.05) is 25.2 Å². The summed E-state index contributed by atoms with van der Waals surface area (Å²) < 4.78 is 0. The van der Waals surface area contributed by atoms with Crippen LogP contribution in [0.1, 0.15) is 19.8 Å². The zero-order valence-corrected chi connectivity index (χ0v) is 7.66. The van der Waals surface area contributed by atoms with Crippen molar-refractivity contribution < 1.29 is 10.2 Å². The molecule has 0 aliphatic carbocycles. The highest BCUT2D eigenvalue weighted by Gasteiger charge is 2.10. The highest BCUT2D eigenvalue weighted by Crippen LogP contribution is 1.97. The number of hydrogen-bond donors (Lipinski definition) is 4. The van der Waals surface area contributed by atoms with Gasteiger partial charge in [0.25, 0.3) is 0 Å². The Balaban J connectivity index is 3.65. The lowest BCUT2D eigenvalue weighted by molar-refractivity contribution is 0.213. The van der Waals surface area contributed by atoms with Crippen LogP contribution in [-0.4, -0.2) is 42.1 Å². The van der Waals surface area contributed by atoms with Gasteiger partial charge in [0.15, 0.2) is 0 Å². The highest BCUT2D eigenvalue weighted by molar-refractivity contribution is 4.73. The van der Waals surface area contributed by atoms with Crippen molar-refractivity contribution in [1.29, 1.82) is 0 Å². The summed E-state index contributed by atoms with van der Waals surface area (Å²) in [6, 6.07) is 0.220. The van der Waals surface area contributed by atoms with Crippen LogP contribution in [-0.2, 0) is 0 Å². The van der Waals surface area contributed by atoms with Crippen molar-refractivity contribution in [3.8, 4) is 0 Å². The lowest BCUT2D eigenvalue weighted by atomic mass is 10.1. The normalized spacial score (nSPS) is 16.0. The van der Waals surface area contributed by atoms with E-state index in [1.807, 2.05) is 6.92 Å². The van der Waals surface area contributed by atoms with E-state index in [0.29, 0.717) is 13.0 Å². The Kier molecular flexibility index (Phi) is 7.39. The summed E-state index contributed by atoms with van der Waals surface area (Å²) >= 11 is 0. The molecule has 0 aliphatic heterocycles. The molecule has 0 aromatic carbocycles. The summed E-state index contributed by atoms with van der Waals surface area (Å²) in [7, 11) is 0. The molecule has 0 rings (SSSR count). The van der Waals surface area contributed by atoms with E-state index in [1.165, 1.54) is 0 Å². The predicted molar refractivity (Wildman–Crippen MR) is 48.8 cm³/mol. The van der Waals surface area contributed by atoms with Crippen molar-refractivity contribution in [2.45, 2.75) is 31.8 Å². The second-order valence-corrected chi connectivity index (χ2v) is 2.90. The predicted octanol–water partition coefficient (Wildman–Crippen LogP) is -0.943. The fourth-order valence-corrected chi connectivity index (χ4v) is 1.09. The van der Waals surface area contributed by atoms with Crippen LogP contribution in [0.4, 0.5) is 0 Å². The summed E-state index contributed by atoms with van der Waals surface area (Å²) in [5, 5.41) is 20.7. The molecule has 5 N–H and O–H groups in total.